The van der Waals surface area contributed by atoms with Gasteiger partial charge >= 0.3 is 0 Å². The average molecular weight is 284 g/mol. The Morgan fingerprint density at radius 2 is 2.12 bits per heavy atom. The minimum Gasteiger partial charge on any atom is -0.381 e. The number of hydrogen-bond donors (Lipinski definition) is 0. The van der Waals surface area contributed by atoms with Gasteiger partial charge in [-0.05, 0) is 30.5 Å². The summed E-state index contributed by atoms with van der Waals surface area (Å²) in [6.07, 6.45) is 2.79. The summed E-state index contributed by atoms with van der Waals surface area (Å²) in [5.74, 6) is 0. The Kier molecular flexibility index (Phi) is 4.38. The molecule has 1 saturated heterocycles. The van der Waals surface area contributed by atoms with Gasteiger partial charge in [-0.15, -0.1) is 0 Å². The molecule has 1 aromatic rings. The number of piperidine rings is 1. The van der Waals surface area contributed by atoms with Crippen molar-refractivity contribution in [1.82, 2.24) is 4.90 Å². The third-order valence-electron chi connectivity index (χ3n) is 3.16. The smallest absolute Gasteiger partial charge is 0.0595 e. The lowest BCUT2D eigenvalue weighted by molar-refractivity contribution is 0.0388. The van der Waals surface area contributed by atoms with E-state index in [2.05, 4.69) is 45.1 Å². The summed E-state index contributed by atoms with van der Waals surface area (Å²) in [5.41, 5.74) is 1.38. The van der Waals surface area contributed by atoms with Crippen molar-refractivity contribution in [3.63, 3.8) is 0 Å². The van der Waals surface area contributed by atoms with E-state index in [-0.39, 0.29) is 0 Å². The molecule has 0 N–H and O–H groups in total. The van der Waals surface area contributed by atoms with Gasteiger partial charge in [-0.25, -0.2) is 0 Å². The van der Waals surface area contributed by atoms with Crippen LogP contribution < -0.4 is 0 Å². The highest BCUT2D eigenvalue weighted by Gasteiger charge is 2.18. The Labute approximate surface area is 106 Å². The number of halogens is 1. The van der Waals surface area contributed by atoms with E-state index in [9.17, 15) is 0 Å². The van der Waals surface area contributed by atoms with Crippen molar-refractivity contribution >= 4 is 15.9 Å². The predicted molar refractivity (Wildman–Crippen MR) is 69.5 cm³/mol. The normalized spacial score (nSPS) is 18.9. The summed E-state index contributed by atoms with van der Waals surface area (Å²) in [4.78, 5) is 2.50. The molecule has 0 saturated carbocycles. The van der Waals surface area contributed by atoms with Crippen LogP contribution in [0.15, 0.2) is 28.7 Å². The van der Waals surface area contributed by atoms with E-state index in [0.29, 0.717) is 6.10 Å². The summed E-state index contributed by atoms with van der Waals surface area (Å²) in [6, 6.07) is 8.55. The predicted octanol–water partition coefficient (Wildman–Crippen LogP) is 3.06. The first-order chi connectivity index (χ1) is 7.78. The van der Waals surface area contributed by atoms with Crippen LogP contribution in [0.1, 0.15) is 18.4 Å². The lowest BCUT2D eigenvalue weighted by Gasteiger charge is -2.31. The van der Waals surface area contributed by atoms with Crippen LogP contribution in [0.25, 0.3) is 0 Å². The van der Waals surface area contributed by atoms with Gasteiger partial charge in [-0.2, -0.15) is 0 Å². The highest BCUT2D eigenvalue weighted by atomic mass is 79.9. The third kappa shape index (κ3) is 3.30. The molecular weight excluding hydrogens is 266 g/mol. The maximum absolute atomic E-state index is 5.37. The van der Waals surface area contributed by atoms with E-state index in [0.717, 1.165) is 36.9 Å². The number of methoxy groups -OCH3 is 1. The minimum atomic E-state index is 0.471. The largest absolute Gasteiger partial charge is 0.381 e. The van der Waals surface area contributed by atoms with Crippen LogP contribution in [0.4, 0.5) is 0 Å². The zero-order valence-electron chi connectivity index (χ0n) is 9.66. The molecule has 1 fully saturated rings. The van der Waals surface area contributed by atoms with Crippen LogP contribution in [0.3, 0.4) is 0 Å². The zero-order chi connectivity index (χ0) is 11.4. The summed E-state index contributed by atoms with van der Waals surface area (Å²) in [7, 11) is 1.81. The molecule has 3 heteroatoms. The molecule has 88 valence electrons. The first kappa shape index (κ1) is 12.1. The maximum atomic E-state index is 5.37. The Hall–Kier alpha value is -0.380. The molecule has 0 atom stereocenters. The van der Waals surface area contributed by atoms with Gasteiger partial charge in [0.05, 0.1) is 6.10 Å². The van der Waals surface area contributed by atoms with Crippen LogP contribution in [0.2, 0.25) is 0 Å². The highest BCUT2D eigenvalue weighted by Crippen LogP contribution is 2.17. The third-order valence-corrected chi connectivity index (χ3v) is 3.66. The Morgan fingerprint density at radius 3 is 2.75 bits per heavy atom. The lowest BCUT2D eigenvalue weighted by atomic mass is 10.1. The van der Waals surface area contributed by atoms with Gasteiger partial charge in [0, 0.05) is 31.2 Å². The summed E-state index contributed by atoms with van der Waals surface area (Å²) < 4.78 is 6.54. The number of likely N-dealkylation sites (tertiary alicyclic amines) is 1. The van der Waals surface area contributed by atoms with Gasteiger partial charge in [0.25, 0.3) is 0 Å². The molecule has 0 unspecified atom stereocenters. The molecule has 0 aliphatic carbocycles. The second kappa shape index (κ2) is 5.80. The first-order valence-corrected chi connectivity index (χ1v) is 6.57. The van der Waals surface area contributed by atoms with E-state index in [4.69, 9.17) is 4.74 Å². The van der Waals surface area contributed by atoms with Crippen LogP contribution in [-0.2, 0) is 11.3 Å². The fourth-order valence-corrected chi connectivity index (χ4v) is 2.64. The molecule has 2 rings (SSSR count). The fraction of sp³-hybridized carbons (Fsp3) is 0.538. The van der Waals surface area contributed by atoms with Crippen LogP contribution in [0.5, 0.6) is 0 Å². The molecule has 2 nitrogen and oxygen atoms in total. The second-order valence-electron chi connectivity index (χ2n) is 4.34. The first-order valence-electron chi connectivity index (χ1n) is 5.77. The SMILES string of the molecule is COC1CCN(Cc2cccc(Br)c2)CC1. The summed E-state index contributed by atoms with van der Waals surface area (Å²) in [5, 5.41) is 0. The zero-order valence-corrected chi connectivity index (χ0v) is 11.2. The Bertz CT molecular complexity index is 334. The van der Waals surface area contributed by atoms with E-state index in [1.165, 1.54) is 5.56 Å². The standard InChI is InChI=1S/C13H18BrNO/c1-16-13-5-7-15(8-6-13)10-11-3-2-4-12(14)9-11/h2-4,9,13H,5-8,10H2,1H3. The van der Waals surface area contributed by atoms with Crippen LogP contribution in [-0.4, -0.2) is 31.2 Å². The Morgan fingerprint density at radius 1 is 1.38 bits per heavy atom. The van der Waals surface area contributed by atoms with Crippen molar-refractivity contribution in [1.29, 1.82) is 0 Å². The molecule has 16 heavy (non-hydrogen) atoms. The monoisotopic (exact) mass is 283 g/mol. The van der Waals surface area contributed by atoms with E-state index >= 15 is 0 Å². The van der Waals surface area contributed by atoms with Gasteiger partial charge in [0.1, 0.15) is 0 Å². The van der Waals surface area contributed by atoms with Crippen LogP contribution in [0, 0.1) is 0 Å². The van der Waals surface area contributed by atoms with Gasteiger partial charge in [-0.3, -0.25) is 4.90 Å². The molecule has 0 radical (unpaired) electrons. The van der Waals surface area contributed by atoms with Crippen molar-refractivity contribution in [2.24, 2.45) is 0 Å². The van der Waals surface area contributed by atoms with Crippen LogP contribution >= 0.6 is 15.9 Å². The quantitative estimate of drug-likeness (QED) is 0.846. The minimum absolute atomic E-state index is 0.471. The molecule has 0 spiro atoms. The number of rotatable bonds is 3. The summed E-state index contributed by atoms with van der Waals surface area (Å²) in [6.45, 7) is 3.34. The van der Waals surface area contributed by atoms with E-state index in [1.807, 2.05) is 7.11 Å². The molecule has 0 amide bonds. The molecular formula is C13H18BrNO. The van der Waals surface area contributed by atoms with Crippen molar-refractivity contribution in [3.8, 4) is 0 Å². The highest BCUT2D eigenvalue weighted by molar-refractivity contribution is 9.10. The van der Waals surface area contributed by atoms with Crippen molar-refractivity contribution < 1.29 is 4.74 Å². The number of hydrogen-bond acceptors (Lipinski definition) is 2. The number of benzene rings is 1. The topological polar surface area (TPSA) is 12.5 Å². The van der Waals surface area contributed by atoms with Gasteiger partial charge in [0.2, 0.25) is 0 Å². The molecule has 0 aromatic heterocycles. The van der Waals surface area contributed by atoms with Gasteiger partial charge in [-0.1, -0.05) is 28.1 Å². The lowest BCUT2D eigenvalue weighted by Crippen LogP contribution is -2.36. The number of ether oxygens (including phenoxy) is 1. The second-order valence-corrected chi connectivity index (χ2v) is 5.26. The Balaban J connectivity index is 1.87. The number of nitrogens with zero attached hydrogens (tertiary/aromatic N) is 1. The van der Waals surface area contributed by atoms with E-state index < -0.39 is 0 Å². The van der Waals surface area contributed by atoms with Crippen molar-refractivity contribution in [3.05, 3.63) is 34.3 Å². The molecule has 1 aromatic carbocycles. The van der Waals surface area contributed by atoms with Gasteiger partial charge in [0.15, 0.2) is 0 Å². The van der Waals surface area contributed by atoms with E-state index in [1.54, 1.807) is 0 Å². The van der Waals surface area contributed by atoms with Gasteiger partial charge < -0.3 is 4.74 Å². The molecule has 1 aliphatic heterocycles. The molecule has 1 aliphatic rings. The van der Waals surface area contributed by atoms with Crippen molar-refractivity contribution in [2.75, 3.05) is 20.2 Å². The average Bonchev–Trinajstić information content (AvgIpc) is 2.30. The molecule has 1 heterocycles. The van der Waals surface area contributed by atoms with Crippen molar-refractivity contribution in [2.45, 2.75) is 25.5 Å². The molecule has 0 bridgehead atoms. The fourth-order valence-electron chi connectivity index (χ4n) is 2.20. The maximum Gasteiger partial charge on any atom is 0.0595 e. The summed E-state index contributed by atoms with van der Waals surface area (Å²) >= 11 is 3.51.